The van der Waals surface area contributed by atoms with Gasteiger partial charge in [-0.1, -0.05) is 0 Å². The summed E-state index contributed by atoms with van der Waals surface area (Å²) >= 11 is 0. The summed E-state index contributed by atoms with van der Waals surface area (Å²) in [6.07, 6.45) is -0.581. The summed E-state index contributed by atoms with van der Waals surface area (Å²) in [7, 11) is 0. The van der Waals surface area contributed by atoms with Crippen LogP contribution < -0.4 is 11.2 Å². The van der Waals surface area contributed by atoms with Crippen LogP contribution in [0.4, 0.5) is 0 Å². The molecular weight excluding hydrogens is 260 g/mol. The number of aliphatic hydroxyl groups is 2. The molecule has 7 nitrogen and oxygen atoms in total. The van der Waals surface area contributed by atoms with Crippen molar-refractivity contribution < 1.29 is 14.9 Å². The third kappa shape index (κ3) is 2.66. The molecule has 0 spiro atoms. The molecule has 8 heteroatoms. The Labute approximate surface area is 109 Å². The summed E-state index contributed by atoms with van der Waals surface area (Å²) in [5, 5.41) is 18.5. The number of rotatable bonds is 2. The number of nitrogens with one attached hydrogen (secondary N) is 1. The van der Waals surface area contributed by atoms with Crippen molar-refractivity contribution in [2.45, 2.75) is 31.8 Å². The van der Waals surface area contributed by atoms with Gasteiger partial charge in [0.2, 0.25) is 0 Å². The van der Waals surface area contributed by atoms with Crippen molar-refractivity contribution in [3.05, 3.63) is 32.6 Å². The van der Waals surface area contributed by atoms with E-state index in [9.17, 15) is 14.7 Å². The fourth-order valence-corrected chi connectivity index (χ4v) is 1.85. The van der Waals surface area contributed by atoms with Crippen LogP contribution in [0.2, 0.25) is 0 Å². The van der Waals surface area contributed by atoms with E-state index in [1.54, 1.807) is 6.92 Å². The highest BCUT2D eigenvalue weighted by atomic mass is 32.1. The third-order valence-corrected chi connectivity index (χ3v) is 2.84. The average Bonchev–Trinajstić information content (AvgIpc) is 2.65. The van der Waals surface area contributed by atoms with E-state index in [0.717, 1.165) is 0 Å². The maximum atomic E-state index is 11.6. The van der Waals surface area contributed by atoms with Gasteiger partial charge in [-0.2, -0.15) is 13.5 Å². The number of hydrogen-bond acceptors (Lipinski definition) is 5. The van der Waals surface area contributed by atoms with Gasteiger partial charge in [-0.05, 0) is 6.92 Å². The summed E-state index contributed by atoms with van der Waals surface area (Å²) in [5.74, 6) is 0. The summed E-state index contributed by atoms with van der Waals surface area (Å²) in [4.78, 5) is 24.9. The molecule has 2 heterocycles. The molecule has 1 aromatic rings. The van der Waals surface area contributed by atoms with Crippen LogP contribution in [0.15, 0.2) is 15.8 Å². The Morgan fingerprint density at radius 3 is 2.78 bits per heavy atom. The van der Waals surface area contributed by atoms with Gasteiger partial charge in [0, 0.05) is 18.2 Å². The molecule has 0 unspecified atom stereocenters. The Hall–Kier alpha value is -1.09. The summed E-state index contributed by atoms with van der Waals surface area (Å²) in [6.45, 7) is 1.26. The molecule has 1 fully saturated rings. The number of aryl methyl sites for hydroxylation is 1. The first kappa shape index (κ1) is 15.0. The van der Waals surface area contributed by atoms with Gasteiger partial charge in [-0.25, -0.2) is 4.79 Å². The van der Waals surface area contributed by atoms with Crippen LogP contribution in [0.5, 0.6) is 0 Å². The van der Waals surface area contributed by atoms with Gasteiger partial charge in [-0.15, -0.1) is 0 Å². The monoisotopic (exact) mass is 276 g/mol. The van der Waals surface area contributed by atoms with Crippen LogP contribution in [0.3, 0.4) is 0 Å². The van der Waals surface area contributed by atoms with Gasteiger partial charge in [-0.3, -0.25) is 14.3 Å². The van der Waals surface area contributed by atoms with E-state index in [0.29, 0.717) is 5.56 Å². The summed E-state index contributed by atoms with van der Waals surface area (Å²) in [6, 6.07) is 0. The molecule has 0 aromatic carbocycles. The number of H-pyrrole nitrogens is 1. The fourth-order valence-electron chi connectivity index (χ4n) is 1.85. The molecule has 1 aliphatic rings. The van der Waals surface area contributed by atoms with Gasteiger partial charge in [0.25, 0.3) is 5.56 Å². The summed E-state index contributed by atoms with van der Waals surface area (Å²) < 4.78 is 6.54. The molecule has 0 bridgehead atoms. The first-order valence-electron chi connectivity index (χ1n) is 5.29. The quantitative estimate of drug-likeness (QED) is 0.616. The third-order valence-electron chi connectivity index (χ3n) is 2.84. The number of nitrogens with zero attached hydrogens (tertiary/aromatic N) is 1. The zero-order valence-corrected chi connectivity index (χ0v) is 10.8. The Morgan fingerprint density at radius 1 is 1.56 bits per heavy atom. The number of ether oxygens (including phenoxy) is 1. The van der Waals surface area contributed by atoms with E-state index in [2.05, 4.69) is 4.98 Å². The molecule has 0 amide bonds. The molecule has 3 atom stereocenters. The van der Waals surface area contributed by atoms with Crippen LogP contribution in [-0.4, -0.2) is 38.6 Å². The lowest BCUT2D eigenvalue weighted by Crippen LogP contribution is -2.33. The van der Waals surface area contributed by atoms with Gasteiger partial charge >= 0.3 is 5.69 Å². The first-order chi connectivity index (χ1) is 8.02. The second-order valence-electron chi connectivity index (χ2n) is 4.09. The van der Waals surface area contributed by atoms with E-state index in [-0.39, 0.29) is 26.5 Å². The molecule has 0 aliphatic carbocycles. The Balaban J connectivity index is 0.00000162. The lowest BCUT2D eigenvalue weighted by atomic mass is 10.2. The minimum Gasteiger partial charge on any atom is -0.394 e. The van der Waals surface area contributed by atoms with Crippen molar-refractivity contribution in [3.63, 3.8) is 0 Å². The van der Waals surface area contributed by atoms with Crippen molar-refractivity contribution in [1.82, 2.24) is 9.55 Å². The minimum absolute atomic E-state index is 0. The van der Waals surface area contributed by atoms with Crippen LogP contribution in [0, 0.1) is 6.92 Å². The number of aromatic amines is 1. The first-order valence-corrected chi connectivity index (χ1v) is 5.29. The number of aromatic nitrogens is 2. The second-order valence-corrected chi connectivity index (χ2v) is 4.09. The van der Waals surface area contributed by atoms with Crippen LogP contribution in [-0.2, 0) is 4.74 Å². The van der Waals surface area contributed by atoms with E-state index < -0.39 is 29.7 Å². The average molecular weight is 276 g/mol. The van der Waals surface area contributed by atoms with Crippen molar-refractivity contribution >= 4 is 13.5 Å². The Morgan fingerprint density at radius 2 is 2.22 bits per heavy atom. The fraction of sp³-hybridized carbons (Fsp3) is 0.600. The maximum Gasteiger partial charge on any atom is 0.330 e. The van der Waals surface area contributed by atoms with Crippen LogP contribution >= 0.6 is 13.5 Å². The highest BCUT2D eigenvalue weighted by Crippen LogP contribution is 2.27. The molecule has 102 valence electrons. The molecule has 0 saturated carbocycles. The molecule has 2 rings (SSSR count). The molecule has 0 radical (unpaired) electrons. The topological polar surface area (TPSA) is 105 Å². The largest absolute Gasteiger partial charge is 0.394 e. The van der Waals surface area contributed by atoms with Gasteiger partial charge < -0.3 is 14.9 Å². The van der Waals surface area contributed by atoms with Gasteiger partial charge in [0.1, 0.15) is 12.3 Å². The zero-order valence-electron chi connectivity index (χ0n) is 9.79. The molecule has 18 heavy (non-hydrogen) atoms. The molecule has 1 aromatic heterocycles. The molecule has 1 aliphatic heterocycles. The van der Waals surface area contributed by atoms with Gasteiger partial charge in [0.05, 0.1) is 12.7 Å². The van der Waals surface area contributed by atoms with Crippen molar-refractivity contribution in [1.29, 1.82) is 0 Å². The normalized spacial score (nSPS) is 26.9. The smallest absolute Gasteiger partial charge is 0.330 e. The number of aliphatic hydroxyl groups excluding tert-OH is 2. The van der Waals surface area contributed by atoms with E-state index >= 15 is 0 Å². The lowest BCUT2D eigenvalue weighted by molar-refractivity contribution is -0.0459. The van der Waals surface area contributed by atoms with Gasteiger partial charge in [0.15, 0.2) is 0 Å². The standard InChI is InChI=1S/C10H14N2O5.H2S/c1-5-3-12(10(16)11-9(5)15)8-2-6(14)7(4-13)17-8;/h3,6-8,13-14H,2,4H2,1H3,(H,11,15,16);1H2/t6-,7+,8+;/m0./s1. The number of hydrogen-bond donors (Lipinski definition) is 3. The zero-order chi connectivity index (χ0) is 12.6. The minimum atomic E-state index is -0.816. The highest BCUT2D eigenvalue weighted by Gasteiger charge is 2.34. The Bertz CT molecular complexity index is 526. The van der Waals surface area contributed by atoms with E-state index in [4.69, 9.17) is 9.84 Å². The van der Waals surface area contributed by atoms with E-state index in [1.165, 1.54) is 10.8 Å². The molecular formula is C10H16N2O5S. The maximum absolute atomic E-state index is 11.6. The Kier molecular flexibility index (Phi) is 4.74. The second kappa shape index (κ2) is 5.70. The summed E-state index contributed by atoms with van der Waals surface area (Å²) in [5.41, 5.74) is -0.643. The van der Waals surface area contributed by atoms with Crippen molar-refractivity contribution in [2.24, 2.45) is 0 Å². The predicted octanol–water partition coefficient (Wildman–Crippen LogP) is -1.40. The van der Waals surface area contributed by atoms with Crippen LogP contribution in [0.25, 0.3) is 0 Å². The highest BCUT2D eigenvalue weighted by molar-refractivity contribution is 7.59. The van der Waals surface area contributed by atoms with Crippen LogP contribution in [0.1, 0.15) is 18.2 Å². The van der Waals surface area contributed by atoms with Crippen molar-refractivity contribution in [3.8, 4) is 0 Å². The lowest BCUT2D eigenvalue weighted by Gasteiger charge is -2.14. The predicted molar refractivity (Wildman–Crippen MR) is 68.1 cm³/mol. The van der Waals surface area contributed by atoms with Crippen molar-refractivity contribution in [2.75, 3.05) is 6.61 Å². The molecule has 3 N–H and O–H groups in total. The van der Waals surface area contributed by atoms with E-state index in [1.807, 2.05) is 0 Å². The SMILES string of the molecule is Cc1cn([C@H]2C[C@H](O)[C@@H](CO)O2)c(=O)[nH]c1=O.S. The molecule has 1 saturated heterocycles.